The van der Waals surface area contributed by atoms with Gasteiger partial charge in [-0.3, -0.25) is 14.7 Å². The minimum atomic E-state index is -1.40. The molecule has 0 aliphatic carbocycles. The van der Waals surface area contributed by atoms with Gasteiger partial charge in [0.05, 0.1) is 23.1 Å². The average Bonchev–Trinajstić information content (AvgIpc) is 2.96. The molecule has 11 heteroatoms. The number of anilines is 1. The van der Waals surface area contributed by atoms with Crippen molar-refractivity contribution in [2.24, 2.45) is 0 Å². The fourth-order valence-corrected chi connectivity index (χ4v) is 3.12. The number of nitrogens with zero attached hydrogens (tertiary/aromatic N) is 3. The van der Waals surface area contributed by atoms with Gasteiger partial charge in [0.15, 0.2) is 6.23 Å². The number of para-hydroxylation sites is 1. The van der Waals surface area contributed by atoms with Crippen LogP contribution in [0.15, 0.2) is 41.3 Å². The predicted molar refractivity (Wildman–Crippen MR) is 96.6 cm³/mol. The van der Waals surface area contributed by atoms with Gasteiger partial charge in [-0.1, -0.05) is 18.2 Å². The molecule has 2 aromatic rings. The monoisotopic (exact) mass is 392 g/mol. The fraction of sp³-hybridized carbons (Fsp3) is 0.412. The number of hydrogen-bond acceptors (Lipinski definition) is 9. The molecule has 1 fully saturated rings. The van der Waals surface area contributed by atoms with E-state index in [1.165, 1.54) is 18.3 Å². The zero-order chi connectivity index (χ0) is 20.4. The third kappa shape index (κ3) is 3.73. The second kappa shape index (κ2) is 8.02. The average molecular weight is 392 g/mol. The quantitative estimate of drug-likeness (QED) is 0.390. The van der Waals surface area contributed by atoms with Gasteiger partial charge in [0.1, 0.15) is 24.1 Å². The van der Waals surface area contributed by atoms with Gasteiger partial charge in [-0.15, -0.1) is 0 Å². The first-order chi connectivity index (χ1) is 13.3. The summed E-state index contributed by atoms with van der Waals surface area (Å²) in [4.78, 5) is 26.9. The molecule has 1 unspecified atom stereocenters. The van der Waals surface area contributed by atoms with Gasteiger partial charge < -0.3 is 25.4 Å². The minimum absolute atomic E-state index is 0.0534. The molecule has 1 aromatic heterocycles. The number of ether oxygens (including phenoxy) is 1. The molecule has 0 bridgehead atoms. The van der Waals surface area contributed by atoms with Crippen molar-refractivity contribution in [2.75, 3.05) is 11.9 Å². The SMILES string of the molecule is C[C@@H](Nc1ccn([C@@H]2O[C@H](CO)C(O)[C@@H]2O)c(=O)n1)c1ccccc1[N+](=O)[O-]. The molecule has 0 saturated carbocycles. The van der Waals surface area contributed by atoms with Crippen molar-refractivity contribution in [3.63, 3.8) is 0 Å². The molecule has 0 radical (unpaired) electrons. The van der Waals surface area contributed by atoms with Crippen LogP contribution in [0.2, 0.25) is 0 Å². The fourth-order valence-electron chi connectivity index (χ4n) is 3.12. The first-order valence-corrected chi connectivity index (χ1v) is 8.55. The third-order valence-corrected chi connectivity index (χ3v) is 4.59. The van der Waals surface area contributed by atoms with Crippen molar-refractivity contribution in [3.8, 4) is 0 Å². The Bertz CT molecular complexity index is 918. The summed E-state index contributed by atoms with van der Waals surface area (Å²) in [6.45, 7) is 1.19. The molecule has 1 aliphatic heterocycles. The Morgan fingerprint density at radius 1 is 1.32 bits per heavy atom. The zero-order valence-electron chi connectivity index (χ0n) is 14.9. The molecule has 28 heavy (non-hydrogen) atoms. The Balaban J connectivity index is 1.80. The van der Waals surface area contributed by atoms with E-state index >= 15 is 0 Å². The summed E-state index contributed by atoms with van der Waals surface area (Å²) >= 11 is 0. The molecule has 1 saturated heterocycles. The highest BCUT2D eigenvalue weighted by Crippen LogP contribution is 2.29. The van der Waals surface area contributed by atoms with Gasteiger partial charge in [-0.2, -0.15) is 4.98 Å². The number of aromatic nitrogens is 2. The number of rotatable bonds is 6. The van der Waals surface area contributed by atoms with Crippen LogP contribution in [0.1, 0.15) is 24.8 Å². The highest BCUT2D eigenvalue weighted by molar-refractivity contribution is 5.46. The highest BCUT2D eigenvalue weighted by atomic mass is 16.6. The van der Waals surface area contributed by atoms with E-state index in [4.69, 9.17) is 9.84 Å². The summed E-state index contributed by atoms with van der Waals surface area (Å²) in [5.41, 5.74) is -0.376. The topological polar surface area (TPSA) is 160 Å². The Morgan fingerprint density at radius 3 is 2.64 bits per heavy atom. The zero-order valence-corrected chi connectivity index (χ0v) is 14.9. The van der Waals surface area contributed by atoms with Crippen LogP contribution in [-0.4, -0.2) is 54.7 Å². The molecule has 1 aliphatic rings. The number of benzene rings is 1. The largest absolute Gasteiger partial charge is 0.394 e. The summed E-state index contributed by atoms with van der Waals surface area (Å²) in [5.74, 6) is 0.179. The van der Waals surface area contributed by atoms with Gasteiger partial charge >= 0.3 is 5.69 Å². The van der Waals surface area contributed by atoms with E-state index in [1.807, 2.05) is 0 Å². The summed E-state index contributed by atoms with van der Waals surface area (Å²) in [6, 6.07) is 7.18. The van der Waals surface area contributed by atoms with E-state index in [1.54, 1.807) is 25.1 Å². The third-order valence-electron chi connectivity index (χ3n) is 4.59. The smallest absolute Gasteiger partial charge is 0.351 e. The van der Waals surface area contributed by atoms with E-state index in [9.17, 15) is 25.1 Å². The standard InChI is InChI=1S/C17H20N4O7/c1-9(10-4-2-3-5-11(10)21(26)27)18-13-6-7-20(17(25)19-13)16-15(24)14(23)12(8-22)28-16/h2-7,9,12,14-16,22-24H,8H2,1H3,(H,18,19,25)/t9-,12-,14?,15+,16-/m1/s1. The summed E-state index contributed by atoms with van der Waals surface area (Å²) in [7, 11) is 0. The highest BCUT2D eigenvalue weighted by Gasteiger charge is 2.43. The first-order valence-electron chi connectivity index (χ1n) is 8.55. The van der Waals surface area contributed by atoms with Gasteiger partial charge in [0, 0.05) is 12.3 Å². The van der Waals surface area contributed by atoms with Crippen molar-refractivity contribution in [1.82, 2.24) is 9.55 Å². The molecule has 1 aromatic carbocycles. The van der Waals surface area contributed by atoms with Crippen LogP contribution in [0, 0.1) is 10.1 Å². The molecule has 4 N–H and O–H groups in total. The maximum absolute atomic E-state index is 12.3. The normalized spacial score (nSPS) is 25.4. The van der Waals surface area contributed by atoms with E-state index in [0.717, 1.165) is 4.57 Å². The van der Waals surface area contributed by atoms with Crippen molar-refractivity contribution >= 4 is 11.5 Å². The van der Waals surface area contributed by atoms with Crippen molar-refractivity contribution in [2.45, 2.75) is 37.5 Å². The molecule has 0 amide bonds. The maximum atomic E-state index is 12.3. The molecule has 150 valence electrons. The Kier molecular flexibility index (Phi) is 5.70. The van der Waals surface area contributed by atoms with Crippen LogP contribution in [-0.2, 0) is 4.74 Å². The predicted octanol–water partition coefficient (Wildman–Crippen LogP) is -0.0639. The lowest BCUT2D eigenvalue weighted by molar-refractivity contribution is -0.385. The number of aliphatic hydroxyl groups is 3. The molecule has 0 spiro atoms. The number of nitro groups is 1. The van der Waals surface area contributed by atoms with Gasteiger partial charge in [-0.25, -0.2) is 4.79 Å². The molecule has 3 rings (SSSR count). The lowest BCUT2D eigenvalue weighted by atomic mass is 10.1. The molecule has 2 heterocycles. The second-order valence-corrected chi connectivity index (χ2v) is 6.41. The summed E-state index contributed by atoms with van der Waals surface area (Å²) in [5, 5.41) is 43.1. The van der Waals surface area contributed by atoms with Crippen LogP contribution in [0.3, 0.4) is 0 Å². The number of hydrogen-bond donors (Lipinski definition) is 4. The Labute approximate surface area is 159 Å². The summed E-state index contributed by atoms with van der Waals surface area (Å²) < 4.78 is 6.32. The van der Waals surface area contributed by atoms with Gasteiger partial charge in [-0.05, 0) is 13.0 Å². The van der Waals surface area contributed by atoms with Gasteiger partial charge in [0.2, 0.25) is 0 Å². The van der Waals surface area contributed by atoms with Crippen molar-refractivity contribution in [3.05, 3.63) is 62.7 Å². The number of aliphatic hydroxyl groups excluding tert-OH is 3. The molecular weight excluding hydrogens is 372 g/mol. The second-order valence-electron chi connectivity index (χ2n) is 6.41. The number of nitro benzene ring substituents is 1. The maximum Gasteiger partial charge on any atom is 0.351 e. The van der Waals surface area contributed by atoms with Crippen LogP contribution in [0.25, 0.3) is 0 Å². The van der Waals surface area contributed by atoms with Crippen molar-refractivity contribution in [1.29, 1.82) is 0 Å². The van der Waals surface area contributed by atoms with Gasteiger partial charge in [0.25, 0.3) is 5.69 Å². The Hall–Kier alpha value is -2.86. The Morgan fingerprint density at radius 2 is 2.04 bits per heavy atom. The van der Waals surface area contributed by atoms with E-state index in [2.05, 4.69) is 10.3 Å². The van der Waals surface area contributed by atoms with E-state index in [0.29, 0.717) is 5.56 Å². The first kappa shape index (κ1) is 19.9. The molecule has 11 nitrogen and oxygen atoms in total. The minimum Gasteiger partial charge on any atom is -0.394 e. The number of nitrogens with one attached hydrogen (secondary N) is 1. The van der Waals surface area contributed by atoms with Crippen LogP contribution in [0.5, 0.6) is 0 Å². The lowest BCUT2D eigenvalue weighted by Gasteiger charge is -2.19. The molecule has 5 atom stereocenters. The van der Waals surface area contributed by atoms with E-state index < -0.39 is 47.8 Å². The van der Waals surface area contributed by atoms with E-state index in [-0.39, 0.29) is 11.5 Å². The lowest BCUT2D eigenvalue weighted by Crippen LogP contribution is -2.36. The summed E-state index contributed by atoms with van der Waals surface area (Å²) in [6.07, 6.45) is -3.61. The van der Waals surface area contributed by atoms with Crippen LogP contribution >= 0.6 is 0 Å². The van der Waals surface area contributed by atoms with Crippen molar-refractivity contribution < 1.29 is 25.0 Å². The molecular formula is C17H20N4O7. The van der Waals surface area contributed by atoms with Crippen LogP contribution < -0.4 is 11.0 Å². The van der Waals surface area contributed by atoms with Crippen LogP contribution in [0.4, 0.5) is 11.5 Å².